The standard InChI is InChI=1S/C9H17N3O/c1-7(2)10-6-9(13)8-4-5-12(3)11-8/h4-5,7,9-10,13H,6H2,1-3H3. The minimum atomic E-state index is -0.511. The quantitative estimate of drug-likeness (QED) is 0.712. The molecule has 1 rings (SSSR count). The summed E-state index contributed by atoms with van der Waals surface area (Å²) in [5, 5.41) is 16.9. The zero-order chi connectivity index (χ0) is 9.84. The van der Waals surface area contributed by atoms with Crippen LogP contribution in [0.1, 0.15) is 25.6 Å². The van der Waals surface area contributed by atoms with Crippen LogP contribution in [-0.2, 0) is 7.05 Å². The molecule has 0 spiro atoms. The summed E-state index contributed by atoms with van der Waals surface area (Å²) in [6.45, 7) is 4.64. The predicted octanol–water partition coefficient (Wildman–Crippen LogP) is 0.451. The van der Waals surface area contributed by atoms with E-state index < -0.39 is 6.10 Å². The van der Waals surface area contributed by atoms with Crippen LogP contribution in [0.25, 0.3) is 0 Å². The number of aryl methyl sites for hydroxylation is 1. The zero-order valence-electron chi connectivity index (χ0n) is 8.36. The summed E-state index contributed by atoms with van der Waals surface area (Å²) >= 11 is 0. The normalized spacial score (nSPS) is 13.6. The van der Waals surface area contributed by atoms with Crippen molar-refractivity contribution >= 4 is 0 Å². The second-order valence-corrected chi connectivity index (χ2v) is 3.49. The van der Waals surface area contributed by atoms with E-state index in [0.717, 1.165) is 5.69 Å². The highest BCUT2D eigenvalue weighted by molar-refractivity contribution is 5.03. The Bertz CT molecular complexity index is 257. The fraction of sp³-hybridized carbons (Fsp3) is 0.667. The van der Waals surface area contributed by atoms with Gasteiger partial charge in [-0.2, -0.15) is 5.10 Å². The van der Waals surface area contributed by atoms with Gasteiger partial charge in [0.05, 0.1) is 5.69 Å². The second kappa shape index (κ2) is 4.39. The van der Waals surface area contributed by atoms with Crippen LogP contribution in [0.2, 0.25) is 0 Å². The maximum Gasteiger partial charge on any atom is 0.110 e. The van der Waals surface area contributed by atoms with Crippen LogP contribution in [0.3, 0.4) is 0 Å². The Kier molecular flexibility index (Phi) is 3.45. The van der Waals surface area contributed by atoms with E-state index in [4.69, 9.17) is 0 Å². The average Bonchev–Trinajstić information content (AvgIpc) is 2.47. The van der Waals surface area contributed by atoms with Crippen LogP contribution in [0, 0.1) is 0 Å². The molecule has 0 aliphatic carbocycles. The molecule has 1 unspecified atom stereocenters. The van der Waals surface area contributed by atoms with Gasteiger partial charge < -0.3 is 10.4 Å². The average molecular weight is 183 g/mol. The van der Waals surface area contributed by atoms with Crippen LogP contribution in [0.4, 0.5) is 0 Å². The van der Waals surface area contributed by atoms with Crippen LogP contribution in [0.5, 0.6) is 0 Å². The lowest BCUT2D eigenvalue weighted by Gasteiger charge is -2.11. The number of nitrogens with one attached hydrogen (secondary N) is 1. The van der Waals surface area contributed by atoms with Gasteiger partial charge in [0.1, 0.15) is 6.10 Å². The second-order valence-electron chi connectivity index (χ2n) is 3.49. The van der Waals surface area contributed by atoms with E-state index in [2.05, 4.69) is 10.4 Å². The highest BCUT2D eigenvalue weighted by atomic mass is 16.3. The molecule has 74 valence electrons. The van der Waals surface area contributed by atoms with Gasteiger partial charge in [-0.25, -0.2) is 0 Å². The molecule has 13 heavy (non-hydrogen) atoms. The van der Waals surface area contributed by atoms with Crippen molar-refractivity contribution in [2.75, 3.05) is 6.54 Å². The van der Waals surface area contributed by atoms with Crippen LogP contribution >= 0.6 is 0 Å². The van der Waals surface area contributed by atoms with E-state index in [1.54, 1.807) is 4.68 Å². The lowest BCUT2D eigenvalue weighted by atomic mass is 10.2. The largest absolute Gasteiger partial charge is 0.385 e. The number of hydrogen-bond acceptors (Lipinski definition) is 3. The summed E-state index contributed by atoms with van der Waals surface area (Å²) in [6, 6.07) is 2.21. The van der Waals surface area contributed by atoms with Crippen molar-refractivity contribution in [3.05, 3.63) is 18.0 Å². The molecule has 1 aromatic rings. The highest BCUT2D eigenvalue weighted by Gasteiger charge is 2.09. The molecule has 0 aromatic carbocycles. The van der Waals surface area contributed by atoms with Crippen molar-refractivity contribution in [1.29, 1.82) is 0 Å². The van der Waals surface area contributed by atoms with Crippen molar-refractivity contribution in [2.24, 2.45) is 7.05 Å². The summed E-state index contributed by atoms with van der Waals surface area (Å²) in [4.78, 5) is 0. The highest BCUT2D eigenvalue weighted by Crippen LogP contribution is 2.07. The fourth-order valence-corrected chi connectivity index (χ4v) is 1.06. The van der Waals surface area contributed by atoms with Crippen molar-refractivity contribution in [3.63, 3.8) is 0 Å². The first-order valence-electron chi connectivity index (χ1n) is 4.50. The molecule has 0 aliphatic rings. The zero-order valence-corrected chi connectivity index (χ0v) is 8.36. The van der Waals surface area contributed by atoms with E-state index in [-0.39, 0.29) is 0 Å². The Morgan fingerprint density at radius 1 is 1.62 bits per heavy atom. The third-order valence-corrected chi connectivity index (χ3v) is 1.80. The summed E-state index contributed by atoms with van der Waals surface area (Å²) in [5.74, 6) is 0. The molecule has 1 heterocycles. The van der Waals surface area contributed by atoms with Crippen LogP contribution in [-0.4, -0.2) is 27.5 Å². The maximum absolute atomic E-state index is 9.64. The van der Waals surface area contributed by atoms with Crippen molar-refractivity contribution in [3.8, 4) is 0 Å². The summed E-state index contributed by atoms with van der Waals surface area (Å²) in [6.07, 6.45) is 1.32. The topological polar surface area (TPSA) is 50.1 Å². The summed E-state index contributed by atoms with van der Waals surface area (Å²) in [7, 11) is 1.84. The minimum absolute atomic E-state index is 0.387. The van der Waals surface area contributed by atoms with Crippen molar-refractivity contribution in [2.45, 2.75) is 26.0 Å². The first-order valence-corrected chi connectivity index (χ1v) is 4.50. The number of hydrogen-bond donors (Lipinski definition) is 2. The minimum Gasteiger partial charge on any atom is -0.385 e. The van der Waals surface area contributed by atoms with Crippen LogP contribution < -0.4 is 5.32 Å². The first-order chi connectivity index (χ1) is 6.09. The Balaban J connectivity index is 2.44. The third kappa shape index (κ3) is 3.16. The van der Waals surface area contributed by atoms with Gasteiger partial charge in [-0.3, -0.25) is 4.68 Å². The van der Waals surface area contributed by atoms with Gasteiger partial charge in [0.15, 0.2) is 0 Å². The summed E-state index contributed by atoms with van der Waals surface area (Å²) < 4.78 is 1.69. The smallest absolute Gasteiger partial charge is 0.110 e. The molecular weight excluding hydrogens is 166 g/mol. The molecule has 0 bridgehead atoms. The summed E-state index contributed by atoms with van der Waals surface area (Å²) in [5.41, 5.74) is 0.718. The fourth-order valence-electron chi connectivity index (χ4n) is 1.06. The molecule has 0 amide bonds. The number of aliphatic hydroxyl groups excluding tert-OH is 1. The van der Waals surface area contributed by atoms with Gasteiger partial charge >= 0.3 is 0 Å². The molecule has 0 radical (unpaired) electrons. The van der Waals surface area contributed by atoms with Crippen molar-refractivity contribution in [1.82, 2.24) is 15.1 Å². The van der Waals surface area contributed by atoms with Crippen LogP contribution in [0.15, 0.2) is 12.3 Å². The predicted molar refractivity (Wildman–Crippen MR) is 51.3 cm³/mol. The monoisotopic (exact) mass is 183 g/mol. The number of aliphatic hydroxyl groups is 1. The van der Waals surface area contributed by atoms with E-state index >= 15 is 0 Å². The Morgan fingerprint density at radius 2 is 2.31 bits per heavy atom. The SMILES string of the molecule is CC(C)NCC(O)c1ccn(C)n1. The molecule has 4 nitrogen and oxygen atoms in total. The van der Waals surface area contributed by atoms with Gasteiger partial charge in [0.25, 0.3) is 0 Å². The Morgan fingerprint density at radius 3 is 2.77 bits per heavy atom. The molecule has 2 N–H and O–H groups in total. The Hall–Kier alpha value is -0.870. The van der Waals surface area contributed by atoms with Crippen molar-refractivity contribution < 1.29 is 5.11 Å². The van der Waals surface area contributed by atoms with Gasteiger partial charge in [-0.05, 0) is 6.07 Å². The lowest BCUT2D eigenvalue weighted by Crippen LogP contribution is -2.28. The first kappa shape index (κ1) is 10.2. The van der Waals surface area contributed by atoms with E-state index in [1.807, 2.05) is 33.2 Å². The van der Waals surface area contributed by atoms with Gasteiger partial charge in [-0.15, -0.1) is 0 Å². The number of rotatable bonds is 4. The molecule has 0 saturated carbocycles. The molecular formula is C9H17N3O. The molecule has 0 aliphatic heterocycles. The molecule has 1 aromatic heterocycles. The van der Waals surface area contributed by atoms with E-state index in [9.17, 15) is 5.11 Å². The van der Waals surface area contributed by atoms with E-state index in [0.29, 0.717) is 12.6 Å². The van der Waals surface area contributed by atoms with Gasteiger partial charge in [0, 0.05) is 25.8 Å². The molecule has 0 fully saturated rings. The lowest BCUT2D eigenvalue weighted by molar-refractivity contribution is 0.166. The Labute approximate surface area is 78.6 Å². The van der Waals surface area contributed by atoms with Gasteiger partial charge in [-0.1, -0.05) is 13.8 Å². The molecule has 0 saturated heterocycles. The third-order valence-electron chi connectivity index (χ3n) is 1.80. The molecule has 1 atom stereocenters. The maximum atomic E-state index is 9.64. The van der Waals surface area contributed by atoms with E-state index in [1.165, 1.54) is 0 Å². The molecule has 4 heteroatoms. The number of aromatic nitrogens is 2. The van der Waals surface area contributed by atoms with Gasteiger partial charge in [0.2, 0.25) is 0 Å². The number of nitrogens with zero attached hydrogens (tertiary/aromatic N) is 2.